The standard InChI is InChI=1S/C44H49N13O8/c1-6-56-32(19-25(3)51-56)40(60)49-42-47-30-21-28(38(45)58)23-34(64-5)36(30)54(42)14-8-9-15-55-37-31(48-43(55)50-41(61)33-20-26(4)52-57(33)7-2)22-29(39(46)59)24-35(37)65-18-10-11-27-12-16-53(17-13-27)44(62)63/h8-9,19-24,27H,6-7,12-18H2,1-5H3,(H2,45,58)(H2,46,59)(H,62,63)(H,47,49,60)(H,48,50,61)/b9-8+. The molecule has 7 N–H and O–H groups in total. The van der Waals surface area contributed by atoms with Crippen molar-refractivity contribution in [3.05, 3.63) is 82.5 Å². The number of rotatable bonds is 15. The SMILES string of the molecule is CCn1nc(C)cc1C(=O)Nc1nc2cc(C(N)=O)cc(OC)c2n1C/C=C/Cn1c(NC(=O)c2cc(C)nn2CC)nc2cc(C(N)=O)cc(OCC#CC3CCN(C(=O)O)CC3)c21. The van der Waals surface area contributed by atoms with Gasteiger partial charge in [0.05, 0.1) is 29.5 Å². The monoisotopic (exact) mass is 887 g/mol. The molecular weight excluding hydrogens is 839 g/mol. The molecule has 5 heterocycles. The number of nitrogens with zero attached hydrogens (tertiary/aromatic N) is 9. The van der Waals surface area contributed by atoms with Crippen LogP contribution in [0.15, 0.2) is 48.6 Å². The Bertz CT molecular complexity index is 2940. The highest BCUT2D eigenvalue weighted by atomic mass is 16.5. The molecule has 0 bridgehead atoms. The summed E-state index contributed by atoms with van der Waals surface area (Å²) in [5.41, 5.74) is 15.2. The van der Waals surface area contributed by atoms with Crippen molar-refractivity contribution in [2.45, 2.75) is 66.7 Å². The number of methoxy groups -OCH3 is 1. The second-order valence-corrected chi connectivity index (χ2v) is 15.2. The van der Waals surface area contributed by atoms with E-state index in [0.29, 0.717) is 89.6 Å². The van der Waals surface area contributed by atoms with Gasteiger partial charge >= 0.3 is 6.09 Å². The van der Waals surface area contributed by atoms with E-state index in [1.165, 1.54) is 36.3 Å². The number of aryl methyl sites for hydroxylation is 4. The number of likely N-dealkylation sites (tertiary alicyclic amines) is 1. The van der Waals surface area contributed by atoms with Crippen molar-refractivity contribution in [1.82, 2.24) is 43.6 Å². The van der Waals surface area contributed by atoms with E-state index in [1.807, 2.05) is 26.0 Å². The number of anilines is 2. The van der Waals surface area contributed by atoms with Crippen LogP contribution in [0.3, 0.4) is 0 Å². The molecule has 0 aliphatic carbocycles. The average Bonchev–Trinajstić information content (AvgIpc) is 4.05. The van der Waals surface area contributed by atoms with Crippen LogP contribution in [-0.4, -0.2) is 105 Å². The van der Waals surface area contributed by atoms with Crippen LogP contribution in [0.4, 0.5) is 16.7 Å². The van der Waals surface area contributed by atoms with Gasteiger partial charge in [-0.2, -0.15) is 10.2 Å². The largest absolute Gasteiger partial charge is 0.494 e. The fraction of sp³-hybridized carbons (Fsp3) is 0.341. The summed E-state index contributed by atoms with van der Waals surface area (Å²) in [6.45, 7) is 9.15. The topological polar surface area (TPSA) is 275 Å². The second kappa shape index (κ2) is 19.1. The van der Waals surface area contributed by atoms with E-state index < -0.39 is 29.7 Å². The number of piperidine rings is 1. The second-order valence-electron chi connectivity index (χ2n) is 15.2. The van der Waals surface area contributed by atoms with E-state index in [-0.39, 0.29) is 54.4 Å². The molecule has 21 heteroatoms. The number of carbonyl (C=O) groups is 5. The van der Waals surface area contributed by atoms with Gasteiger partial charge in [-0.25, -0.2) is 14.8 Å². The molecule has 1 fully saturated rings. The molecule has 1 aliphatic rings. The molecule has 338 valence electrons. The number of hydrogen-bond acceptors (Lipinski definition) is 11. The first-order valence-corrected chi connectivity index (χ1v) is 20.9. The molecule has 0 atom stereocenters. The fourth-order valence-corrected chi connectivity index (χ4v) is 7.70. The summed E-state index contributed by atoms with van der Waals surface area (Å²) in [5.74, 6) is 4.66. The molecule has 5 amide bonds. The van der Waals surface area contributed by atoms with E-state index in [2.05, 4.69) is 37.7 Å². The van der Waals surface area contributed by atoms with Gasteiger partial charge in [-0.3, -0.25) is 39.2 Å². The molecule has 2 aromatic carbocycles. The van der Waals surface area contributed by atoms with Crippen molar-refractivity contribution >= 4 is 63.7 Å². The lowest BCUT2D eigenvalue weighted by Gasteiger charge is -2.27. The summed E-state index contributed by atoms with van der Waals surface area (Å²) in [5, 5.41) is 23.9. The van der Waals surface area contributed by atoms with E-state index in [0.717, 1.165) is 0 Å². The highest BCUT2D eigenvalue weighted by Crippen LogP contribution is 2.33. The number of nitrogens with one attached hydrogen (secondary N) is 2. The zero-order chi connectivity index (χ0) is 46.5. The van der Waals surface area contributed by atoms with Gasteiger partial charge in [0.25, 0.3) is 11.8 Å². The Morgan fingerprint density at radius 1 is 0.769 bits per heavy atom. The summed E-state index contributed by atoms with van der Waals surface area (Å²) in [4.78, 5) is 74.5. The number of fused-ring (bicyclic) bond motifs is 2. The van der Waals surface area contributed by atoms with Gasteiger partial charge in [0.2, 0.25) is 23.7 Å². The molecular formula is C44H49N13O8. The number of hydrogen-bond donors (Lipinski definition) is 5. The third-order valence-electron chi connectivity index (χ3n) is 10.8. The maximum absolute atomic E-state index is 13.8. The minimum Gasteiger partial charge on any atom is -0.494 e. The van der Waals surface area contributed by atoms with Gasteiger partial charge < -0.3 is 40.1 Å². The van der Waals surface area contributed by atoms with Crippen LogP contribution < -0.4 is 31.6 Å². The van der Waals surface area contributed by atoms with Gasteiger partial charge in [-0.05, 0) is 76.9 Å². The van der Waals surface area contributed by atoms with Crippen molar-refractivity contribution in [1.29, 1.82) is 0 Å². The van der Waals surface area contributed by atoms with Crippen molar-refractivity contribution in [2.75, 3.05) is 37.4 Å². The Kier molecular flexibility index (Phi) is 13.2. The Labute approximate surface area is 372 Å². The number of aromatic nitrogens is 8. The Balaban J connectivity index is 1.25. The van der Waals surface area contributed by atoms with Gasteiger partial charge in [0.15, 0.2) is 0 Å². The lowest BCUT2D eigenvalue weighted by atomic mass is 9.98. The zero-order valence-corrected chi connectivity index (χ0v) is 36.5. The maximum atomic E-state index is 13.8. The number of primary amides is 2. The number of carbonyl (C=O) groups excluding carboxylic acids is 4. The third kappa shape index (κ3) is 9.61. The average molecular weight is 888 g/mol. The Morgan fingerprint density at radius 2 is 1.25 bits per heavy atom. The smallest absolute Gasteiger partial charge is 0.407 e. The first-order chi connectivity index (χ1) is 31.2. The van der Waals surface area contributed by atoms with Crippen LogP contribution in [0, 0.1) is 31.6 Å². The number of imidazole rings is 2. The Hall–Kier alpha value is -8.15. The van der Waals surface area contributed by atoms with E-state index in [4.69, 9.17) is 25.9 Å². The minimum absolute atomic E-state index is 0.0143. The van der Waals surface area contributed by atoms with Gasteiger partial charge in [0.1, 0.15) is 40.5 Å². The highest BCUT2D eigenvalue weighted by Gasteiger charge is 2.24. The quantitative estimate of drug-likeness (QED) is 0.0718. The van der Waals surface area contributed by atoms with E-state index in [9.17, 15) is 29.1 Å². The lowest BCUT2D eigenvalue weighted by Crippen LogP contribution is -2.37. The fourth-order valence-electron chi connectivity index (χ4n) is 7.70. The van der Waals surface area contributed by atoms with Gasteiger partial charge in [-0.15, -0.1) is 0 Å². The lowest BCUT2D eigenvalue weighted by molar-refractivity contribution is 0.0991. The molecule has 7 rings (SSSR count). The molecule has 1 aliphatic heterocycles. The first-order valence-electron chi connectivity index (χ1n) is 20.9. The Morgan fingerprint density at radius 3 is 1.69 bits per heavy atom. The predicted molar refractivity (Wildman–Crippen MR) is 239 cm³/mol. The van der Waals surface area contributed by atoms with Crippen molar-refractivity contribution in [2.24, 2.45) is 17.4 Å². The molecule has 1 saturated heterocycles. The van der Waals surface area contributed by atoms with Crippen molar-refractivity contribution < 1.29 is 38.6 Å². The molecule has 21 nitrogen and oxygen atoms in total. The molecule has 4 aromatic heterocycles. The van der Waals surface area contributed by atoms with Crippen LogP contribution in [0.25, 0.3) is 22.1 Å². The number of allylic oxidation sites excluding steroid dienone is 2. The normalized spacial score (nSPS) is 13.0. The number of nitrogens with two attached hydrogens (primary N) is 2. The molecule has 0 radical (unpaired) electrons. The van der Waals surface area contributed by atoms with Crippen molar-refractivity contribution in [3.8, 4) is 23.3 Å². The van der Waals surface area contributed by atoms with E-state index >= 15 is 0 Å². The molecule has 0 unspecified atom stereocenters. The molecule has 65 heavy (non-hydrogen) atoms. The van der Waals surface area contributed by atoms with Crippen LogP contribution in [0.1, 0.15) is 79.8 Å². The number of benzene rings is 2. The minimum atomic E-state index is -0.956. The summed E-state index contributed by atoms with van der Waals surface area (Å²) in [7, 11) is 1.45. The summed E-state index contributed by atoms with van der Waals surface area (Å²) in [6, 6.07) is 9.35. The van der Waals surface area contributed by atoms with Crippen molar-refractivity contribution in [3.63, 3.8) is 0 Å². The van der Waals surface area contributed by atoms with Crippen LogP contribution in [-0.2, 0) is 26.2 Å². The zero-order valence-electron chi connectivity index (χ0n) is 36.5. The predicted octanol–water partition coefficient (Wildman–Crippen LogP) is 4.18. The van der Waals surface area contributed by atoms with Crippen LogP contribution in [0.2, 0.25) is 0 Å². The van der Waals surface area contributed by atoms with Crippen LogP contribution in [0.5, 0.6) is 11.5 Å². The highest BCUT2D eigenvalue weighted by molar-refractivity contribution is 6.05. The summed E-state index contributed by atoms with van der Waals surface area (Å²) in [6.07, 6.45) is 3.84. The number of ether oxygens (including phenoxy) is 2. The van der Waals surface area contributed by atoms with Gasteiger partial charge in [-0.1, -0.05) is 24.0 Å². The third-order valence-corrected chi connectivity index (χ3v) is 10.8. The number of amides is 5. The first kappa shape index (κ1) is 44.9. The number of carboxylic acid groups (broad SMARTS) is 1. The molecule has 0 spiro atoms. The van der Waals surface area contributed by atoms with Crippen LogP contribution >= 0.6 is 0 Å². The summed E-state index contributed by atoms with van der Waals surface area (Å²) < 4.78 is 18.5. The molecule has 0 saturated carbocycles. The summed E-state index contributed by atoms with van der Waals surface area (Å²) >= 11 is 0. The molecule has 6 aromatic rings. The van der Waals surface area contributed by atoms with Gasteiger partial charge in [0, 0.05) is 56.3 Å². The van der Waals surface area contributed by atoms with E-state index in [1.54, 1.807) is 44.5 Å². The maximum Gasteiger partial charge on any atom is 0.407 e.